The van der Waals surface area contributed by atoms with Gasteiger partial charge in [-0.25, -0.2) is 4.68 Å². The summed E-state index contributed by atoms with van der Waals surface area (Å²) < 4.78 is 1.68. The second-order valence-corrected chi connectivity index (χ2v) is 4.19. The number of primary amides is 1. The van der Waals surface area contributed by atoms with Crippen molar-refractivity contribution >= 4 is 5.91 Å². The van der Waals surface area contributed by atoms with Gasteiger partial charge in [0, 0.05) is 12.7 Å². The molecule has 0 aliphatic rings. The quantitative estimate of drug-likeness (QED) is 0.842. The Bertz CT molecular complexity index is 574. The summed E-state index contributed by atoms with van der Waals surface area (Å²) in [5.41, 5.74) is 8.84. The van der Waals surface area contributed by atoms with Crippen molar-refractivity contribution < 1.29 is 4.79 Å². The van der Waals surface area contributed by atoms with E-state index in [1.807, 2.05) is 26.1 Å². The Labute approximate surface area is 106 Å². The van der Waals surface area contributed by atoms with E-state index in [1.165, 1.54) is 6.20 Å². The third-order valence-electron chi connectivity index (χ3n) is 2.77. The van der Waals surface area contributed by atoms with E-state index in [9.17, 15) is 4.79 Å². The van der Waals surface area contributed by atoms with Gasteiger partial charge < -0.3 is 11.1 Å². The smallest absolute Gasteiger partial charge is 0.251 e. The molecule has 3 N–H and O–H groups in total. The number of nitrogens with one attached hydrogen (secondary N) is 1. The monoisotopic (exact) mass is 244 g/mol. The highest BCUT2D eigenvalue weighted by molar-refractivity contribution is 5.92. The Kier molecular flexibility index (Phi) is 3.43. The summed E-state index contributed by atoms with van der Waals surface area (Å²) in [5.74, 6) is -0.467. The van der Waals surface area contributed by atoms with E-state index in [0.29, 0.717) is 5.56 Å². The highest BCUT2D eigenvalue weighted by Crippen LogP contribution is 2.16. The van der Waals surface area contributed by atoms with Crippen molar-refractivity contribution in [1.29, 1.82) is 0 Å². The largest absolute Gasteiger partial charge is 0.366 e. The lowest BCUT2D eigenvalue weighted by atomic mass is 10.1. The van der Waals surface area contributed by atoms with Gasteiger partial charge in [0.1, 0.15) is 0 Å². The molecule has 0 spiro atoms. The first-order valence-electron chi connectivity index (χ1n) is 5.71. The number of carbonyl (C=O) groups excluding carboxylic acids is 1. The minimum atomic E-state index is -0.467. The van der Waals surface area contributed by atoms with Crippen LogP contribution in [0.5, 0.6) is 0 Å². The molecule has 94 valence electrons. The lowest BCUT2D eigenvalue weighted by molar-refractivity contribution is 0.100. The number of carbonyl (C=O) groups is 1. The van der Waals surface area contributed by atoms with Crippen molar-refractivity contribution in [3.8, 4) is 5.69 Å². The first-order chi connectivity index (χ1) is 8.61. The van der Waals surface area contributed by atoms with Crippen LogP contribution in [0, 0.1) is 6.92 Å². The maximum atomic E-state index is 11.1. The van der Waals surface area contributed by atoms with Crippen LogP contribution in [0.3, 0.4) is 0 Å². The molecular formula is C13H16N4O. The molecule has 1 aromatic heterocycles. The lowest BCUT2D eigenvalue weighted by Crippen LogP contribution is -2.09. The summed E-state index contributed by atoms with van der Waals surface area (Å²) in [6.45, 7) is 2.79. The predicted molar refractivity (Wildman–Crippen MR) is 69.6 cm³/mol. The maximum absolute atomic E-state index is 11.1. The van der Waals surface area contributed by atoms with Crippen molar-refractivity contribution in [1.82, 2.24) is 15.1 Å². The number of aryl methyl sites for hydroxylation is 1. The van der Waals surface area contributed by atoms with Gasteiger partial charge in [-0.2, -0.15) is 5.10 Å². The summed E-state index contributed by atoms with van der Waals surface area (Å²) in [7, 11) is 1.90. The molecule has 0 bridgehead atoms. The van der Waals surface area contributed by atoms with E-state index in [-0.39, 0.29) is 0 Å². The van der Waals surface area contributed by atoms with Crippen LogP contribution in [0.1, 0.15) is 21.5 Å². The molecule has 1 aromatic carbocycles. The number of nitrogens with zero attached hydrogens (tertiary/aromatic N) is 2. The summed E-state index contributed by atoms with van der Waals surface area (Å²) in [6.07, 6.45) is 3.13. The minimum Gasteiger partial charge on any atom is -0.366 e. The highest BCUT2D eigenvalue weighted by Gasteiger charge is 2.08. The second-order valence-electron chi connectivity index (χ2n) is 4.19. The number of amides is 1. The van der Waals surface area contributed by atoms with Crippen molar-refractivity contribution in [2.24, 2.45) is 5.73 Å². The molecule has 0 saturated carbocycles. The number of aromatic nitrogens is 2. The highest BCUT2D eigenvalue weighted by atomic mass is 16.1. The number of hydrogen-bond acceptors (Lipinski definition) is 3. The average molecular weight is 244 g/mol. The van der Waals surface area contributed by atoms with Crippen LogP contribution in [0.2, 0.25) is 0 Å². The van der Waals surface area contributed by atoms with Crippen LogP contribution in [0.4, 0.5) is 0 Å². The fourth-order valence-electron chi connectivity index (χ4n) is 1.80. The van der Waals surface area contributed by atoms with Crippen LogP contribution >= 0.6 is 0 Å². The summed E-state index contributed by atoms with van der Waals surface area (Å²) in [6, 6.07) is 6.14. The first-order valence-corrected chi connectivity index (χ1v) is 5.71. The summed E-state index contributed by atoms with van der Waals surface area (Å²) in [4.78, 5) is 11.1. The Hall–Kier alpha value is -2.14. The fourth-order valence-corrected chi connectivity index (χ4v) is 1.80. The topological polar surface area (TPSA) is 72.9 Å². The summed E-state index contributed by atoms with van der Waals surface area (Å²) in [5, 5.41) is 7.27. The van der Waals surface area contributed by atoms with E-state index in [0.717, 1.165) is 23.4 Å². The molecular weight excluding hydrogens is 228 g/mol. The van der Waals surface area contributed by atoms with Gasteiger partial charge in [0.15, 0.2) is 0 Å². The molecule has 0 aliphatic heterocycles. The van der Waals surface area contributed by atoms with Gasteiger partial charge in [-0.1, -0.05) is 12.1 Å². The zero-order valence-corrected chi connectivity index (χ0v) is 10.5. The third-order valence-corrected chi connectivity index (χ3v) is 2.77. The molecule has 0 atom stereocenters. The molecule has 0 unspecified atom stereocenters. The fraction of sp³-hybridized carbons (Fsp3) is 0.231. The third kappa shape index (κ3) is 2.41. The van der Waals surface area contributed by atoms with Gasteiger partial charge in [0.2, 0.25) is 0 Å². The van der Waals surface area contributed by atoms with Crippen LogP contribution in [0.15, 0.2) is 30.6 Å². The molecule has 18 heavy (non-hydrogen) atoms. The summed E-state index contributed by atoms with van der Waals surface area (Å²) >= 11 is 0. The predicted octanol–water partition coefficient (Wildman–Crippen LogP) is 0.999. The van der Waals surface area contributed by atoms with E-state index in [1.54, 1.807) is 10.9 Å². The number of nitrogens with two attached hydrogens (primary N) is 1. The molecule has 0 aliphatic carbocycles. The number of hydrogen-bond donors (Lipinski definition) is 2. The Morgan fingerprint density at radius 2 is 2.28 bits per heavy atom. The van der Waals surface area contributed by atoms with E-state index in [2.05, 4.69) is 16.5 Å². The van der Waals surface area contributed by atoms with Crippen molar-refractivity contribution in [2.75, 3.05) is 7.05 Å². The standard InChI is InChI=1S/C13H16N4O/c1-9-3-4-10(6-15-2)5-12(9)17-8-11(7-16-17)13(14)18/h3-5,7-8,15H,6H2,1-2H3,(H2,14,18). The van der Waals surface area contributed by atoms with Crippen LogP contribution in [-0.4, -0.2) is 22.7 Å². The Morgan fingerprint density at radius 1 is 1.50 bits per heavy atom. The second kappa shape index (κ2) is 5.01. The van der Waals surface area contributed by atoms with Crippen molar-refractivity contribution in [3.63, 3.8) is 0 Å². The van der Waals surface area contributed by atoms with Crippen LogP contribution in [0.25, 0.3) is 5.69 Å². The SMILES string of the molecule is CNCc1ccc(C)c(-n2cc(C(N)=O)cn2)c1. The molecule has 2 aromatic rings. The van der Waals surface area contributed by atoms with Crippen molar-refractivity contribution in [3.05, 3.63) is 47.3 Å². The van der Waals surface area contributed by atoms with E-state index < -0.39 is 5.91 Å². The van der Waals surface area contributed by atoms with Crippen LogP contribution in [-0.2, 0) is 6.54 Å². The molecule has 1 heterocycles. The van der Waals surface area contributed by atoms with Gasteiger partial charge in [0.25, 0.3) is 5.91 Å². The zero-order valence-electron chi connectivity index (χ0n) is 10.5. The molecule has 0 radical (unpaired) electrons. The zero-order chi connectivity index (χ0) is 13.1. The first kappa shape index (κ1) is 12.3. The van der Waals surface area contributed by atoms with Gasteiger partial charge in [0.05, 0.1) is 17.4 Å². The lowest BCUT2D eigenvalue weighted by Gasteiger charge is -2.08. The molecule has 1 amide bonds. The van der Waals surface area contributed by atoms with E-state index in [4.69, 9.17) is 5.73 Å². The Balaban J connectivity index is 2.41. The van der Waals surface area contributed by atoms with Gasteiger partial charge >= 0.3 is 0 Å². The molecule has 2 rings (SSSR count). The number of rotatable bonds is 4. The van der Waals surface area contributed by atoms with Crippen LogP contribution < -0.4 is 11.1 Å². The van der Waals surface area contributed by atoms with Crippen molar-refractivity contribution in [2.45, 2.75) is 13.5 Å². The normalized spacial score (nSPS) is 10.6. The molecule has 5 nitrogen and oxygen atoms in total. The molecule has 5 heteroatoms. The minimum absolute atomic E-state index is 0.411. The molecule has 0 saturated heterocycles. The maximum Gasteiger partial charge on any atom is 0.251 e. The number of benzene rings is 1. The van der Waals surface area contributed by atoms with Gasteiger partial charge in [-0.15, -0.1) is 0 Å². The average Bonchev–Trinajstić information content (AvgIpc) is 2.81. The molecule has 0 fully saturated rings. The van der Waals surface area contributed by atoms with E-state index >= 15 is 0 Å². The van der Waals surface area contributed by atoms with Gasteiger partial charge in [-0.05, 0) is 31.2 Å². The Morgan fingerprint density at radius 3 is 2.89 bits per heavy atom. The van der Waals surface area contributed by atoms with Gasteiger partial charge in [-0.3, -0.25) is 4.79 Å².